The number of aromatic hydroxyl groups is 1. The fourth-order valence-corrected chi connectivity index (χ4v) is 6.82. The number of carbonyl (C=O) groups is 2. The van der Waals surface area contributed by atoms with Crippen LogP contribution >= 0.6 is 11.6 Å². The number of aromatic nitrogens is 3. The first-order valence-electron chi connectivity index (χ1n) is 12.9. The van der Waals surface area contributed by atoms with Crippen LogP contribution in [0.4, 0.5) is 10.1 Å². The van der Waals surface area contributed by atoms with Gasteiger partial charge in [0.25, 0.3) is 0 Å². The summed E-state index contributed by atoms with van der Waals surface area (Å²) in [5, 5.41) is 11.1. The highest BCUT2D eigenvalue weighted by atomic mass is 35.5. The quantitative estimate of drug-likeness (QED) is 0.382. The second kappa shape index (κ2) is 8.95. The zero-order chi connectivity index (χ0) is 28.7. The number of nitrogens with zero attached hydrogens (tertiary/aromatic N) is 4. The molecule has 208 valence electrons. The number of phenolic OH excluding ortho intramolecular Hbond substituents is 1. The Morgan fingerprint density at radius 3 is 2.60 bits per heavy atom. The summed E-state index contributed by atoms with van der Waals surface area (Å²) in [4.78, 5) is 55.3. The molecule has 1 saturated heterocycles. The first-order valence-corrected chi connectivity index (χ1v) is 13.3. The number of phenols is 1. The van der Waals surface area contributed by atoms with E-state index in [4.69, 9.17) is 16.3 Å². The highest BCUT2D eigenvalue weighted by Crippen LogP contribution is 2.62. The zero-order valence-electron chi connectivity index (χ0n) is 21.9. The lowest BCUT2D eigenvalue weighted by molar-refractivity contribution is -0.129. The summed E-state index contributed by atoms with van der Waals surface area (Å²) < 4.78 is 23.2. The third kappa shape index (κ3) is 3.33. The van der Waals surface area contributed by atoms with Gasteiger partial charge in [-0.3, -0.25) is 9.59 Å². The van der Waals surface area contributed by atoms with E-state index in [9.17, 15) is 28.7 Å². The van der Waals surface area contributed by atoms with Crippen LogP contribution in [0, 0.1) is 17.2 Å². The van der Waals surface area contributed by atoms with E-state index >= 15 is 0 Å². The summed E-state index contributed by atoms with van der Waals surface area (Å²) in [6, 6.07) is 7.84. The molecular weight excluding hydrogens is 543 g/mol. The highest BCUT2D eigenvalue weighted by molar-refractivity contribution is 6.31. The number of fused-ring (bicyclic) bond motifs is 4. The molecular formula is C28H26ClFN4O6. The predicted molar refractivity (Wildman–Crippen MR) is 143 cm³/mol. The second-order valence-electron chi connectivity index (χ2n) is 10.5. The molecule has 2 amide bonds. The van der Waals surface area contributed by atoms with Gasteiger partial charge < -0.3 is 9.84 Å². The number of imide groups is 1. The van der Waals surface area contributed by atoms with Gasteiger partial charge in [-0.25, -0.2) is 32.8 Å². The summed E-state index contributed by atoms with van der Waals surface area (Å²) in [5.74, 6) is -3.54. The first-order chi connectivity index (χ1) is 19.0. The number of hydrogen-bond donors (Lipinski definition) is 1. The number of rotatable bonds is 4. The van der Waals surface area contributed by atoms with Gasteiger partial charge in [-0.1, -0.05) is 29.8 Å². The largest absolute Gasteiger partial charge is 0.504 e. The van der Waals surface area contributed by atoms with Crippen molar-refractivity contribution in [3.63, 3.8) is 0 Å². The monoisotopic (exact) mass is 568 g/mol. The third-order valence-electron chi connectivity index (χ3n) is 8.53. The first kappa shape index (κ1) is 26.1. The Bertz CT molecular complexity index is 1760. The SMILES string of the molecule is CCOc1cccc([C@H]2C3=CCn4c(=O)n(C)c(=O)n4[C@@H]3C[C@H]3C(=O)N(c4ccc(F)c(Cl)c4)C(=O)[C@@]23C)c1O. The summed E-state index contributed by atoms with van der Waals surface area (Å²) in [6.07, 6.45) is 1.85. The maximum absolute atomic E-state index is 14.3. The molecule has 0 radical (unpaired) electrons. The summed E-state index contributed by atoms with van der Waals surface area (Å²) >= 11 is 6.00. The highest BCUT2D eigenvalue weighted by Gasteiger charge is 2.65. The lowest BCUT2D eigenvalue weighted by Gasteiger charge is -2.47. The van der Waals surface area contributed by atoms with Crippen LogP contribution < -0.4 is 21.0 Å². The van der Waals surface area contributed by atoms with Gasteiger partial charge in [-0.15, -0.1) is 0 Å². The van der Waals surface area contributed by atoms with Gasteiger partial charge in [-0.2, -0.15) is 0 Å². The van der Waals surface area contributed by atoms with E-state index < -0.39 is 52.3 Å². The number of amides is 2. The van der Waals surface area contributed by atoms with Crippen LogP contribution in [-0.4, -0.2) is 37.5 Å². The molecule has 10 nitrogen and oxygen atoms in total. The number of benzene rings is 2. The topological polar surface area (TPSA) is 116 Å². The van der Waals surface area contributed by atoms with E-state index in [1.807, 2.05) is 0 Å². The van der Waals surface area contributed by atoms with Crippen LogP contribution in [0.3, 0.4) is 0 Å². The Morgan fingerprint density at radius 1 is 1.15 bits per heavy atom. The number of carbonyl (C=O) groups excluding carboxylic acids is 2. The summed E-state index contributed by atoms with van der Waals surface area (Å²) in [6.45, 7) is 3.81. The van der Waals surface area contributed by atoms with Gasteiger partial charge in [0.1, 0.15) is 5.82 Å². The Morgan fingerprint density at radius 2 is 1.90 bits per heavy atom. The molecule has 1 N–H and O–H groups in total. The minimum Gasteiger partial charge on any atom is -0.504 e. The number of para-hydroxylation sites is 1. The normalized spacial score (nSPS) is 25.4. The smallest absolute Gasteiger partial charge is 0.347 e. The van der Waals surface area contributed by atoms with Crippen LogP contribution in [0.1, 0.15) is 37.8 Å². The molecule has 1 saturated carbocycles. The molecule has 1 aromatic heterocycles. The van der Waals surface area contributed by atoms with Crippen molar-refractivity contribution in [1.82, 2.24) is 13.9 Å². The molecule has 3 aliphatic rings. The molecule has 0 spiro atoms. The van der Waals surface area contributed by atoms with Gasteiger partial charge >= 0.3 is 11.4 Å². The van der Waals surface area contributed by atoms with Crippen LogP contribution in [-0.2, 0) is 23.2 Å². The number of ether oxygens (including phenoxy) is 1. The molecule has 2 aliphatic heterocycles. The van der Waals surface area contributed by atoms with Crippen LogP contribution in [0.15, 0.2) is 57.6 Å². The Balaban J connectivity index is 1.60. The zero-order valence-corrected chi connectivity index (χ0v) is 22.7. The van der Waals surface area contributed by atoms with Crippen molar-refractivity contribution in [1.29, 1.82) is 0 Å². The average Bonchev–Trinajstić information content (AvgIpc) is 3.27. The molecule has 40 heavy (non-hydrogen) atoms. The average molecular weight is 569 g/mol. The Labute approximate surface area is 232 Å². The fourth-order valence-electron chi connectivity index (χ4n) is 6.64. The molecule has 3 heterocycles. The predicted octanol–water partition coefficient (Wildman–Crippen LogP) is 3.11. The van der Waals surface area contributed by atoms with E-state index in [-0.39, 0.29) is 41.8 Å². The van der Waals surface area contributed by atoms with Crippen molar-refractivity contribution in [2.75, 3.05) is 11.5 Å². The van der Waals surface area contributed by atoms with Crippen LogP contribution in [0.2, 0.25) is 5.02 Å². The lowest BCUT2D eigenvalue weighted by atomic mass is 9.56. The molecule has 0 bridgehead atoms. The van der Waals surface area contributed by atoms with Gasteiger partial charge in [0.05, 0.1) is 41.2 Å². The maximum atomic E-state index is 14.3. The van der Waals surface area contributed by atoms with Crippen molar-refractivity contribution in [3.8, 4) is 11.5 Å². The van der Waals surface area contributed by atoms with Gasteiger partial charge in [0, 0.05) is 18.5 Å². The van der Waals surface area contributed by atoms with Crippen molar-refractivity contribution >= 4 is 29.1 Å². The second-order valence-corrected chi connectivity index (χ2v) is 10.9. The molecule has 12 heteroatoms. The molecule has 6 rings (SSSR count). The summed E-state index contributed by atoms with van der Waals surface area (Å²) in [7, 11) is 1.38. The van der Waals surface area contributed by atoms with Crippen LogP contribution in [0.25, 0.3) is 0 Å². The van der Waals surface area contributed by atoms with Gasteiger partial charge in [0.2, 0.25) is 11.8 Å². The Kier molecular flexibility index (Phi) is 5.85. The van der Waals surface area contributed by atoms with Crippen molar-refractivity contribution in [3.05, 3.63) is 85.4 Å². The van der Waals surface area contributed by atoms with Crippen molar-refractivity contribution in [2.45, 2.75) is 38.8 Å². The van der Waals surface area contributed by atoms with E-state index in [1.54, 1.807) is 38.1 Å². The maximum Gasteiger partial charge on any atom is 0.347 e. The molecule has 2 aromatic carbocycles. The Hall–Kier alpha value is -4.12. The molecule has 0 unspecified atom stereocenters. The van der Waals surface area contributed by atoms with Gasteiger partial charge in [0.15, 0.2) is 11.5 Å². The molecule has 3 aromatic rings. The number of allylic oxidation sites excluding steroid dienone is 2. The van der Waals surface area contributed by atoms with Crippen LogP contribution in [0.5, 0.6) is 11.5 Å². The minimum absolute atomic E-state index is 0.0596. The third-order valence-corrected chi connectivity index (χ3v) is 8.82. The molecule has 1 aliphatic carbocycles. The van der Waals surface area contributed by atoms with E-state index in [0.717, 1.165) is 15.5 Å². The number of hydrogen-bond acceptors (Lipinski definition) is 6. The lowest BCUT2D eigenvalue weighted by Crippen LogP contribution is -2.49. The van der Waals surface area contributed by atoms with E-state index in [2.05, 4.69) is 0 Å². The molecule has 4 atom stereocenters. The number of anilines is 1. The van der Waals surface area contributed by atoms with Crippen molar-refractivity contribution < 1.29 is 23.8 Å². The number of halogens is 2. The van der Waals surface area contributed by atoms with Crippen molar-refractivity contribution in [2.24, 2.45) is 18.4 Å². The minimum atomic E-state index is -1.40. The fraction of sp³-hybridized carbons (Fsp3) is 0.357. The summed E-state index contributed by atoms with van der Waals surface area (Å²) in [5.41, 5.74) is -1.33. The van der Waals surface area contributed by atoms with E-state index in [1.165, 1.54) is 28.5 Å². The van der Waals surface area contributed by atoms with E-state index in [0.29, 0.717) is 11.1 Å². The molecule has 2 fully saturated rings. The standard InChI is InChI=1S/C28H26ClFN4O6/c1-4-40-21-7-5-6-16(23(21)35)22-15-10-11-32-26(38)31(3)27(39)34(32)20(15)13-17-24(36)33(25(37)28(17,22)2)14-8-9-19(30)18(29)12-14/h5-10,12,17,20,22,35H,4,11,13H2,1-3H3/t17-,20+,22+,28+/m0/s1. The van der Waals surface area contributed by atoms with Gasteiger partial charge in [-0.05, 0) is 50.1 Å².